The summed E-state index contributed by atoms with van der Waals surface area (Å²) in [5.41, 5.74) is 1.69. The largest absolute Gasteiger partial charge is 0.504 e. The van der Waals surface area contributed by atoms with Crippen molar-refractivity contribution >= 4 is 31.6 Å². The molecule has 5 rings (SSSR count). The van der Waals surface area contributed by atoms with E-state index in [1.165, 1.54) is 32.9 Å². The van der Waals surface area contributed by atoms with Crippen LogP contribution in [0.1, 0.15) is 21.5 Å². The van der Waals surface area contributed by atoms with Gasteiger partial charge in [-0.1, -0.05) is 24.3 Å². The Labute approximate surface area is 226 Å². The molecule has 1 amide bonds. The zero-order valence-corrected chi connectivity index (χ0v) is 22.4. The third-order valence-corrected chi connectivity index (χ3v) is 10.5. The molecular formula is C26H27N3O8S2. The van der Waals surface area contributed by atoms with E-state index < -0.39 is 43.0 Å². The maximum absolute atomic E-state index is 13.4. The standard InChI is InChI=1S/C26H27N3O8S2/c30-24-16-22(39(35,36)29-10-9-18-3-1-2-4-19(18)17-29)15-23(25(24)31)26(32)27-20-5-7-21(8-6-20)38(33,34)28-11-13-37-14-12-28/h1-8,15-16,30-31H,9-14,17H2,(H,27,32). The number of morpholine rings is 1. The topological polar surface area (TPSA) is 154 Å². The number of fused-ring (bicyclic) bond motifs is 1. The molecule has 0 unspecified atom stereocenters. The molecule has 0 radical (unpaired) electrons. The number of carbonyl (C=O) groups excluding carboxylic acids is 1. The number of nitrogens with one attached hydrogen (secondary N) is 1. The monoisotopic (exact) mass is 573 g/mol. The van der Waals surface area contributed by atoms with E-state index in [1.54, 1.807) is 0 Å². The van der Waals surface area contributed by atoms with Gasteiger partial charge in [-0.15, -0.1) is 0 Å². The highest BCUT2D eigenvalue weighted by Crippen LogP contribution is 2.35. The van der Waals surface area contributed by atoms with E-state index in [-0.39, 0.29) is 41.7 Å². The third kappa shape index (κ3) is 5.36. The number of hydrogen-bond acceptors (Lipinski definition) is 8. The van der Waals surface area contributed by atoms with Crippen LogP contribution in [0.2, 0.25) is 0 Å². The molecule has 3 aromatic carbocycles. The van der Waals surface area contributed by atoms with Crippen molar-refractivity contribution in [2.75, 3.05) is 38.2 Å². The third-order valence-electron chi connectivity index (χ3n) is 6.76. The summed E-state index contributed by atoms with van der Waals surface area (Å²) >= 11 is 0. The average molecular weight is 574 g/mol. The first-order chi connectivity index (χ1) is 18.6. The molecule has 39 heavy (non-hydrogen) atoms. The Balaban J connectivity index is 1.36. The lowest BCUT2D eigenvalue weighted by Crippen LogP contribution is -2.40. The summed E-state index contributed by atoms with van der Waals surface area (Å²) in [5.74, 6) is -2.42. The molecule has 0 aliphatic carbocycles. The van der Waals surface area contributed by atoms with Gasteiger partial charge in [0.05, 0.1) is 28.6 Å². The predicted molar refractivity (Wildman–Crippen MR) is 141 cm³/mol. The van der Waals surface area contributed by atoms with Crippen LogP contribution in [0, 0.1) is 0 Å². The zero-order chi connectivity index (χ0) is 27.8. The summed E-state index contributed by atoms with van der Waals surface area (Å²) in [6.07, 6.45) is 0.518. The summed E-state index contributed by atoms with van der Waals surface area (Å²) in [6.45, 7) is 1.47. The summed E-state index contributed by atoms with van der Waals surface area (Å²) in [7, 11) is -7.83. The van der Waals surface area contributed by atoms with Gasteiger partial charge in [0, 0.05) is 37.9 Å². The van der Waals surface area contributed by atoms with Crippen LogP contribution in [0.4, 0.5) is 5.69 Å². The first kappa shape index (κ1) is 27.1. The SMILES string of the molecule is O=C(Nc1ccc(S(=O)(=O)N2CCOCC2)cc1)c1cc(S(=O)(=O)N2CCc3ccccc3C2)cc(O)c1O. The highest BCUT2D eigenvalue weighted by Gasteiger charge is 2.31. The molecule has 0 aromatic heterocycles. The number of ether oxygens (including phenoxy) is 1. The van der Waals surface area contributed by atoms with Crippen LogP contribution in [0.5, 0.6) is 11.5 Å². The Hall–Kier alpha value is -3.49. The van der Waals surface area contributed by atoms with Crippen molar-refractivity contribution < 1.29 is 36.6 Å². The minimum absolute atomic E-state index is 0.0408. The van der Waals surface area contributed by atoms with Gasteiger partial charge in [-0.25, -0.2) is 16.8 Å². The van der Waals surface area contributed by atoms with Crippen LogP contribution in [-0.4, -0.2) is 74.4 Å². The normalized spacial score (nSPS) is 16.9. The number of sulfonamides is 2. The number of carbonyl (C=O) groups is 1. The van der Waals surface area contributed by atoms with E-state index in [1.807, 2.05) is 24.3 Å². The Bertz CT molecular complexity index is 1620. The molecule has 206 valence electrons. The Morgan fingerprint density at radius 3 is 2.13 bits per heavy atom. The highest BCUT2D eigenvalue weighted by atomic mass is 32.2. The molecular weight excluding hydrogens is 546 g/mol. The molecule has 3 aromatic rings. The molecule has 1 saturated heterocycles. The predicted octanol–water partition coefficient (Wildman–Crippen LogP) is 2.12. The second-order valence-corrected chi connectivity index (χ2v) is 13.1. The van der Waals surface area contributed by atoms with Gasteiger partial charge in [-0.05, 0) is 47.9 Å². The lowest BCUT2D eigenvalue weighted by molar-refractivity contribution is 0.0730. The Kier molecular flexibility index (Phi) is 7.35. The van der Waals surface area contributed by atoms with Gasteiger partial charge in [0.15, 0.2) is 11.5 Å². The fourth-order valence-corrected chi connectivity index (χ4v) is 7.46. The lowest BCUT2D eigenvalue weighted by Gasteiger charge is -2.28. The van der Waals surface area contributed by atoms with Crippen LogP contribution in [-0.2, 0) is 37.7 Å². The molecule has 0 atom stereocenters. The van der Waals surface area contributed by atoms with Gasteiger partial charge >= 0.3 is 0 Å². The number of rotatable bonds is 6. The van der Waals surface area contributed by atoms with E-state index in [9.17, 15) is 31.8 Å². The maximum atomic E-state index is 13.4. The first-order valence-corrected chi connectivity index (χ1v) is 15.1. The molecule has 1 fully saturated rings. The minimum atomic E-state index is -4.10. The highest BCUT2D eigenvalue weighted by molar-refractivity contribution is 7.89. The van der Waals surface area contributed by atoms with Crippen molar-refractivity contribution in [1.29, 1.82) is 0 Å². The quantitative estimate of drug-likeness (QED) is 0.379. The number of amides is 1. The number of hydrogen-bond donors (Lipinski definition) is 3. The fourth-order valence-electron chi connectivity index (χ4n) is 4.58. The minimum Gasteiger partial charge on any atom is -0.504 e. The van der Waals surface area contributed by atoms with Crippen molar-refractivity contribution in [2.24, 2.45) is 0 Å². The first-order valence-electron chi connectivity index (χ1n) is 12.2. The molecule has 0 bridgehead atoms. The van der Waals surface area contributed by atoms with Crippen molar-refractivity contribution in [1.82, 2.24) is 8.61 Å². The number of phenolic OH excluding ortho intramolecular Hbond substituents is 2. The average Bonchev–Trinajstić information content (AvgIpc) is 2.94. The van der Waals surface area contributed by atoms with Gasteiger partial charge in [-0.2, -0.15) is 8.61 Å². The van der Waals surface area contributed by atoms with Gasteiger partial charge in [0.1, 0.15) is 0 Å². The molecule has 3 N–H and O–H groups in total. The van der Waals surface area contributed by atoms with Crippen molar-refractivity contribution in [3.05, 3.63) is 77.4 Å². The summed E-state index contributed by atoms with van der Waals surface area (Å²) in [6, 6.07) is 14.9. The molecule has 13 heteroatoms. The van der Waals surface area contributed by atoms with Crippen LogP contribution >= 0.6 is 0 Å². The molecule has 0 spiro atoms. The lowest BCUT2D eigenvalue weighted by atomic mass is 10.0. The zero-order valence-electron chi connectivity index (χ0n) is 20.8. The summed E-state index contributed by atoms with van der Waals surface area (Å²) in [5, 5.41) is 23.1. The number of nitrogens with zero attached hydrogens (tertiary/aromatic N) is 2. The number of anilines is 1. The van der Waals surface area contributed by atoms with E-state index in [0.717, 1.165) is 23.3 Å². The Morgan fingerprint density at radius 2 is 1.44 bits per heavy atom. The van der Waals surface area contributed by atoms with Gasteiger partial charge in [0.25, 0.3) is 5.91 Å². The van der Waals surface area contributed by atoms with Crippen LogP contribution < -0.4 is 5.32 Å². The van der Waals surface area contributed by atoms with Gasteiger partial charge < -0.3 is 20.3 Å². The summed E-state index contributed by atoms with van der Waals surface area (Å²) < 4.78 is 60.2. The van der Waals surface area contributed by atoms with Crippen molar-refractivity contribution in [3.8, 4) is 11.5 Å². The molecule has 0 saturated carbocycles. The fraction of sp³-hybridized carbons (Fsp3) is 0.269. The van der Waals surface area contributed by atoms with E-state index in [4.69, 9.17) is 4.74 Å². The number of phenols is 2. The Morgan fingerprint density at radius 1 is 0.795 bits per heavy atom. The number of aromatic hydroxyl groups is 2. The van der Waals surface area contributed by atoms with E-state index in [0.29, 0.717) is 19.6 Å². The molecule has 2 aliphatic heterocycles. The molecule has 2 heterocycles. The number of benzene rings is 3. The smallest absolute Gasteiger partial charge is 0.259 e. The van der Waals surface area contributed by atoms with Crippen molar-refractivity contribution in [3.63, 3.8) is 0 Å². The second-order valence-electron chi connectivity index (χ2n) is 9.19. The van der Waals surface area contributed by atoms with E-state index in [2.05, 4.69) is 5.32 Å². The van der Waals surface area contributed by atoms with Gasteiger partial charge in [-0.3, -0.25) is 4.79 Å². The molecule has 2 aliphatic rings. The van der Waals surface area contributed by atoms with Crippen LogP contribution in [0.25, 0.3) is 0 Å². The van der Waals surface area contributed by atoms with Gasteiger partial charge in [0.2, 0.25) is 20.0 Å². The van der Waals surface area contributed by atoms with Crippen molar-refractivity contribution in [2.45, 2.75) is 22.8 Å². The second kappa shape index (κ2) is 10.6. The molecule has 11 nitrogen and oxygen atoms in total. The maximum Gasteiger partial charge on any atom is 0.259 e. The summed E-state index contributed by atoms with van der Waals surface area (Å²) in [4.78, 5) is 12.7. The van der Waals surface area contributed by atoms with E-state index >= 15 is 0 Å². The van der Waals surface area contributed by atoms with Crippen LogP contribution in [0.15, 0.2) is 70.5 Å². The van der Waals surface area contributed by atoms with Crippen LogP contribution in [0.3, 0.4) is 0 Å².